The van der Waals surface area contributed by atoms with E-state index in [-0.39, 0.29) is 0 Å². The van der Waals surface area contributed by atoms with Gasteiger partial charge < -0.3 is 14.6 Å². The van der Waals surface area contributed by atoms with E-state index in [0.717, 1.165) is 31.9 Å². The Kier molecular flexibility index (Phi) is 4.25. The van der Waals surface area contributed by atoms with Gasteiger partial charge in [-0.25, -0.2) is 4.98 Å². The molecule has 0 spiro atoms. The van der Waals surface area contributed by atoms with Crippen molar-refractivity contribution in [3.05, 3.63) is 48.0 Å². The topological polar surface area (TPSA) is 39.1 Å². The van der Waals surface area contributed by atoms with Crippen LogP contribution >= 0.6 is 0 Å². The summed E-state index contributed by atoms with van der Waals surface area (Å²) in [6.07, 6.45) is 6.71. The largest absolute Gasteiger partial charge is 0.493 e. The molecule has 1 aromatic carbocycles. The fraction of sp³-hybridized carbons (Fsp3) is 0.471. The van der Waals surface area contributed by atoms with Crippen molar-refractivity contribution in [3.63, 3.8) is 0 Å². The van der Waals surface area contributed by atoms with Gasteiger partial charge in [0, 0.05) is 37.9 Å². The minimum absolute atomic E-state index is 0.374. The van der Waals surface area contributed by atoms with Crippen molar-refractivity contribution < 1.29 is 4.74 Å². The van der Waals surface area contributed by atoms with Gasteiger partial charge in [0.05, 0.1) is 12.9 Å². The molecular weight excluding hydrogens is 262 g/mol. The molecule has 4 heteroatoms. The van der Waals surface area contributed by atoms with Crippen LogP contribution in [0.15, 0.2) is 36.9 Å². The van der Waals surface area contributed by atoms with Gasteiger partial charge in [-0.1, -0.05) is 26.0 Å². The number of hydrogen-bond donors (Lipinski definition) is 1. The number of nitrogens with zero attached hydrogens (tertiary/aromatic N) is 2. The summed E-state index contributed by atoms with van der Waals surface area (Å²) in [6, 6.07) is 6.99. The van der Waals surface area contributed by atoms with Crippen molar-refractivity contribution >= 4 is 0 Å². The SMILES string of the molecule is CC(C)[C@@H](NCCn1ccnc1)c1ccc2c(c1)CCO2. The molecule has 0 unspecified atom stereocenters. The molecule has 1 aromatic heterocycles. The summed E-state index contributed by atoms with van der Waals surface area (Å²) in [5.74, 6) is 1.60. The molecule has 0 bridgehead atoms. The molecule has 1 aliphatic rings. The molecule has 21 heavy (non-hydrogen) atoms. The van der Waals surface area contributed by atoms with E-state index in [2.05, 4.69) is 46.9 Å². The Bertz CT molecular complexity index is 578. The van der Waals surface area contributed by atoms with Crippen molar-refractivity contribution in [3.8, 4) is 5.75 Å². The predicted molar refractivity (Wildman–Crippen MR) is 83.4 cm³/mol. The van der Waals surface area contributed by atoms with E-state index in [0.29, 0.717) is 12.0 Å². The summed E-state index contributed by atoms with van der Waals surface area (Å²) in [4.78, 5) is 4.07. The average molecular weight is 285 g/mol. The summed E-state index contributed by atoms with van der Waals surface area (Å²) in [7, 11) is 0. The second kappa shape index (κ2) is 6.31. The fourth-order valence-corrected chi connectivity index (χ4v) is 2.91. The van der Waals surface area contributed by atoms with E-state index in [1.165, 1.54) is 11.1 Å². The van der Waals surface area contributed by atoms with E-state index in [4.69, 9.17) is 4.74 Å². The highest BCUT2D eigenvalue weighted by molar-refractivity contribution is 5.40. The number of imidazole rings is 1. The summed E-state index contributed by atoms with van der Waals surface area (Å²) < 4.78 is 7.69. The van der Waals surface area contributed by atoms with Crippen LogP contribution in [-0.2, 0) is 13.0 Å². The number of hydrogen-bond acceptors (Lipinski definition) is 3. The van der Waals surface area contributed by atoms with Crippen molar-refractivity contribution in [1.82, 2.24) is 14.9 Å². The highest BCUT2D eigenvalue weighted by atomic mass is 16.5. The highest BCUT2D eigenvalue weighted by Gasteiger charge is 2.19. The second-order valence-electron chi connectivity index (χ2n) is 5.94. The molecule has 2 aromatic rings. The molecular formula is C17H23N3O. The Morgan fingerprint density at radius 2 is 2.29 bits per heavy atom. The third-order valence-electron chi connectivity index (χ3n) is 4.03. The van der Waals surface area contributed by atoms with Crippen molar-refractivity contribution in [1.29, 1.82) is 0 Å². The molecule has 0 aliphatic carbocycles. The van der Waals surface area contributed by atoms with Gasteiger partial charge in [-0.05, 0) is 23.1 Å². The normalized spacial score (nSPS) is 15.0. The minimum Gasteiger partial charge on any atom is -0.493 e. The Balaban J connectivity index is 1.66. The standard InChI is InChI=1S/C17H23N3O/c1-13(2)17(19-7-9-20-8-6-18-12-20)15-3-4-16-14(11-15)5-10-21-16/h3-4,6,8,11-13,17,19H,5,7,9-10H2,1-2H3/t17-/m1/s1. The molecule has 4 nitrogen and oxygen atoms in total. The number of rotatable bonds is 6. The number of aromatic nitrogens is 2. The van der Waals surface area contributed by atoms with Crippen LogP contribution in [0.1, 0.15) is 31.0 Å². The fourth-order valence-electron chi connectivity index (χ4n) is 2.91. The van der Waals surface area contributed by atoms with Crippen LogP contribution in [0.2, 0.25) is 0 Å². The van der Waals surface area contributed by atoms with Gasteiger partial charge in [-0.3, -0.25) is 0 Å². The van der Waals surface area contributed by atoms with E-state index in [1.54, 1.807) is 0 Å². The molecule has 0 amide bonds. The van der Waals surface area contributed by atoms with Gasteiger partial charge in [0.15, 0.2) is 0 Å². The van der Waals surface area contributed by atoms with E-state index < -0.39 is 0 Å². The van der Waals surface area contributed by atoms with Crippen LogP contribution < -0.4 is 10.1 Å². The van der Waals surface area contributed by atoms with Crippen LogP contribution in [0.25, 0.3) is 0 Å². The molecule has 0 saturated carbocycles. The molecule has 1 N–H and O–H groups in total. The van der Waals surface area contributed by atoms with Crippen LogP contribution in [0.3, 0.4) is 0 Å². The molecule has 1 atom stereocenters. The van der Waals surface area contributed by atoms with Crippen LogP contribution in [0, 0.1) is 5.92 Å². The third kappa shape index (κ3) is 3.27. The average Bonchev–Trinajstić information content (AvgIpc) is 3.13. The first-order chi connectivity index (χ1) is 10.2. The van der Waals surface area contributed by atoms with Crippen molar-refractivity contribution in [2.24, 2.45) is 5.92 Å². The Labute approximate surface area is 126 Å². The summed E-state index contributed by atoms with van der Waals surface area (Å²) in [5, 5.41) is 3.68. The van der Waals surface area contributed by atoms with Gasteiger partial charge in [-0.15, -0.1) is 0 Å². The Morgan fingerprint density at radius 3 is 3.05 bits per heavy atom. The second-order valence-corrected chi connectivity index (χ2v) is 5.94. The van der Waals surface area contributed by atoms with Crippen LogP contribution in [-0.4, -0.2) is 22.7 Å². The smallest absolute Gasteiger partial charge is 0.122 e. The first-order valence-corrected chi connectivity index (χ1v) is 7.69. The van der Waals surface area contributed by atoms with Crippen LogP contribution in [0.4, 0.5) is 0 Å². The van der Waals surface area contributed by atoms with Crippen molar-refractivity contribution in [2.75, 3.05) is 13.2 Å². The molecule has 0 fully saturated rings. The number of ether oxygens (including phenoxy) is 1. The number of nitrogens with one attached hydrogen (secondary N) is 1. The molecule has 0 saturated heterocycles. The molecule has 112 valence electrons. The van der Waals surface area contributed by atoms with Gasteiger partial charge in [0.25, 0.3) is 0 Å². The zero-order valence-corrected chi connectivity index (χ0v) is 12.7. The lowest BCUT2D eigenvalue weighted by molar-refractivity contribution is 0.356. The first kappa shape index (κ1) is 14.1. The molecule has 2 heterocycles. The van der Waals surface area contributed by atoms with E-state index in [9.17, 15) is 0 Å². The van der Waals surface area contributed by atoms with Gasteiger partial charge >= 0.3 is 0 Å². The first-order valence-electron chi connectivity index (χ1n) is 7.69. The summed E-state index contributed by atoms with van der Waals surface area (Å²) in [6.45, 7) is 7.22. The lowest BCUT2D eigenvalue weighted by Gasteiger charge is -2.23. The van der Waals surface area contributed by atoms with Crippen molar-refractivity contribution in [2.45, 2.75) is 32.9 Å². The van der Waals surface area contributed by atoms with Gasteiger partial charge in [0.1, 0.15) is 5.75 Å². The minimum atomic E-state index is 0.374. The monoisotopic (exact) mass is 285 g/mol. The third-order valence-corrected chi connectivity index (χ3v) is 4.03. The lowest BCUT2D eigenvalue weighted by atomic mass is 9.94. The summed E-state index contributed by atoms with van der Waals surface area (Å²) >= 11 is 0. The number of benzene rings is 1. The van der Waals surface area contributed by atoms with Crippen LogP contribution in [0.5, 0.6) is 5.75 Å². The van der Waals surface area contributed by atoms with Gasteiger partial charge in [0.2, 0.25) is 0 Å². The Morgan fingerprint density at radius 1 is 1.38 bits per heavy atom. The zero-order valence-electron chi connectivity index (χ0n) is 12.7. The summed E-state index contributed by atoms with van der Waals surface area (Å²) in [5.41, 5.74) is 2.70. The maximum atomic E-state index is 5.59. The quantitative estimate of drug-likeness (QED) is 0.887. The number of fused-ring (bicyclic) bond motifs is 1. The van der Waals surface area contributed by atoms with E-state index >= 15 is 0 Å². The molecule has 3 rings (SSSR count). The lowest BCUT2D eigenvalue weighted by Crippen LogP contribution is -2.28. The molecule has 1 aliphatic heterocycles. The van der Waals surface area contributed by atoms with E-state index in [1.807, 2.05) is 18.7 Å². The predicted octanol–water partition coefficient (Wildman–Crippen LogP) is 2.80. The maximum Gasteiger partial charge on any atom is 0.122 e. The maximum absolute atomic E-state index is 5.59. The Hall–Kier alpha value is -1.81. The van der Waals surface area contributed by atoms with Gasteiger partial charge in [-0.2, -0.15) is 0 Å². The molecule has 0 radical (unpaired) electrons. The zero-order chi connectivity index (χ0) is 14.7. The highest BCUT2D eigenvalue weighted by Crippen LogP contribution is 2.30.